The Labute approximate surface area is 224 Å². The first-order valence-corrected chi connectivity index (χ1v) is 13.3. The SMILES string of the molecule is CC1=CC(C)(C)N(CC(=O)N2CCc3ccccc32)c2ccc(OCC(=O)N3CCc4ccccc43)cc21. The van der Waals surface area contributed by atoms with E-state index in [1.54, 1.807) is 0 Å². The van der Waals surface area contributed by atoms with Gasteiger partial charge in [0, 0.05) is 35.7 Å². The maximum Gasteiger partial charge on any atom is 0.264 e. The average Bonchev–Trinajstić information content (AvgIpc) is 3.54. The zero-order valence-corrected chi connectivity index (χ0v) is 22.2. The van der Waals surface area contributed by atoms with Crippen molar-refractivity contribution in [3.63, 3.8) is 0 Å². The molecular weight excluding hydrogens is 474 g/mol. The Balaban J connectivity index is 1.19. The number of carbonyl (C=O) groups excluding carboxylic acids is 2. The second-order valence-electron chi connectivity index (χ2n) is 10.9. The number of hydrogen-bond acceptors (Lipinski definition) is 4. The Bertz CT molecular complexity index is 1460. The number of benzene rings is 3. The van der Waals surface area contributed by atoms with Gasteiger partial charge in [0.1, 0.15) is 5.75 Å². The largest absolute Gasteiger partial charge is 0.484 e. The molecule has 0 saturated heterocycles. The Morgan fingerprint density at radius 2 is 1.42 bits per heavy atom. The van der Waals surface area contributed by atoms with Crippen molar-refractivity contribution in [3.05, 3.63) is 89.5 Å². The summed E-state index contributed by atoms with van der Waals surface area (Å²) < 4.78 is 5.99. The number of para-hydroxylation sites is 2. The normalized spacial score (nSPS) is 17.0. The van der Waals surface area contributed by atoms with Gasteiger partial charge in [-0.3, -0.25) is 9.59 Å². The summed E-state index contributed by atoms with van der Waals surface area (Å²) in [6.07, 6.45) is 3.97. The van der Waals surface area contributed by atoms with Crippen molar-refractivity contribution in [3.8, 4) is 5.75 Å². The molecule has 3 aromatic carbocycles. The first-order valence-electron chi connectivity index (χ1n) is 13.3. The van der Waals surface area contributed by atoms with Crippen LogP contribution in [0.5, 0.6) is 5.75 Å². The molecule has 0 radical (unpaired) electrons. The van der Waals surface area contributed by atoms with Crippen molar-refractivity contribution in [2.24, 2.45) is 0 Å². The number of allylic oxidation sites excluding steroid dienone is 1. The van der Waals surface area contributed by atoms with Gasteiger partial charge in [-0.15, -0.1) is 0 Å². The van der Waals surface area contributed by atoms with Crippen LogP contribution in [0.25, 0.3) is 5.57 Å². The van der Waals surface area contributed by atoms with Crippen molar-refractivity contribution in [2.45, 2.75) is 39.2 Å². The molecule has 0 bridgehead atoms. The third-order valence-corrected chi connectivity index (χ3v) is 7.98. The minimum absolute atomic E-state index is 0.0159. The van der Waals surface area contributed by atoms with Crippen LogP contribution < -0.4 is 19.4 Å². The van der Waals surface area contributed by atoms with Crippen molar-refractivity contribution < 1.29 is 14.3 Å². The molecule has 2 amide bonds. The number of ether oxygens (including phenoxy) is 1. The molecule has 3 aromatic rings. The van der Waals surface area contributed by atoms with Gasteiger partial charge in [-0.05, 0) is 80.6 Å². The number of carbonyl (C=O) groups is 2. The molecule has 3 aliphatic rings. The molecule has 0 fully saturated rings. The fourth-order valence-electron chi connectivity index (χ4n) is 6.08. The van der Waals surface area contributed by atoms with Gasteiger partial charge in [-0.1, -0.05) is 42.5 Å². The van der Waals surface area contributed by atoms with E-state index in [2.05, 4.69) is 43.9 Å². The van der Waals surface area contributed by atoms with Crippen LogP contribution in [0.4, 0.5) is 17.1 Å². The van der Waals surface area contributed by atoms with E-state index in [0.717, 1.165) is 47.6 Å². The van der Waals surface area contributed by atoms with Gasteiger partial charge in [-0.2, -0.15) is 0 Å². The van der Waals surface area contributed by atoms with Gasteiger partial charge in [0.2, 0.25) is 5.91 Å². The molecule has 0 saturated carbocycles. The summed E-state index contributed by atoms with van der Waals surface area (Å²) in [5.41, 5.74) is 7.26. The molecule has 194 valence electrons. The molecule has 6 rings (SSSR count). The highest BCUT2D eigenvalue weighted by molar-refractivity contribution is 5.99. The standard InChI is InChI=1S/C32H33N3O3/c1-22-19-32(2,3)35(20-30(36)33-16-14-23-8-4-6-10-27(23)33)29-13-12-25(18-26(22)29)38-21-31(37)34-17-15-24-9-5-7-11-28(24)34/h4-13,18-19H,14-17,20-21H2,1-3H3. The molecule has 0 atom stereocenters. The molecule has 3 aliphatic heterocycles. The van der Waals surface area contributed by atoms with Crippen LogP contribution in [-0.4, -0.2) is 43.6 Å². The van der Waals surface area contributed by atoms with E-state index in [1.807, 2.05) is 64.4 Å². The molecular formula is C32H33N3O3. The summed E-state index contributed by atoms with van der Waals surface area (Å²) in [5, 5.41) is 0. The summed E-state index contributed by atoms with van der Waals surface area (Å²) in [6.45, 7) is 8.04. The Kier molecular flexibility index (Phi) is 5.98. The van der Waals surface area contributed by atoms with Gasteiger partial charge < -0.3 is 19.4 Å². The third-order valence-electron chi connectivity index (χ3n) is 7.98. The van der Waals surface area contributed by atoms with Crippen LogP contribution in [-0.2, 0) is 22.4 Å². The summed E-state index contributed by atoms with van der Waals surface area (Å²) in [6, 6.07) is 22.1. The van der Waals surface area contributed by atoms with Crippen LogP contribution in [0, 0.1) is 0 Å². The number of amides is 2. The van der Waals surface area contributed by atoms with Gasteiger partial charge in [0.05, 0.1) is 12.1 Å². The third kappa shape index (κ3) is 4.24. The maximum absolute atomic E-state index is 13.5. The quantitative estimate of drug-likeness (QED) is 0.474. The van der Waals surface area contributed by atoms with E-state index in [0.29, 0.717) is 12.3 Å². The van der Waals surface area contributed by atoms with E-state index in [1.165, 1.54) is 11.1 Å². The number of hydrogen-bond donors (Lipinski definition) is 0. The molecule has 6 nitrogen and oxygen atoms in total. The van der Waals surface area contributed by atoms with Gasteiger partial charge >= 0.3 is 0 Å². The van der Waals surface area contributed by atoms with Gasteiger partial charge in [0.25, 0.3) is 5.91 Å². The number of nitrogens with zero attached hydrogens (tertiary/aromatic N) is 3. The highest BCUT2D eigenvalue weighted by Gasteiger charge is 2.35. The second kappa shape index (κ2) is 9.35. The second-order valence-corrected chi connectivity index (χ2v) is 10.9. The fourth-order valence-corrected chi connectivity index (χ4v) is 6.08. The summed E-state index contributed by atoms with van der Waals surface area (Å²) in [4.78, 5) is 32.4. The highest BCUT2D eigenvalue weighted by atomic mass is 16.5. The van der Waals surface area contributed by atoms with E-state index >= 15 is 0 Å². The van der Waals surface area contributed by atoms with Crippen molar-refractivity contribution >= 4 is 34.4 Å². The predicted molar refractivity (Wildman–Crippen MR) is 152 cm³/mol. The molecule has 0 aromatic heterocycles. The van der Waals surface area contributed by atoms with Crippen LogP contribution in [0.15, 0.2) is 72.8 Å². The van der Waals surface area contributed by atoms with Gasteiger partial charge in [0.15, 0.2) is 6.61 Å². The monoisotopic (exact) mass is 507 g/mol. The van der Waals surface area contributed by atoms with Crippen LogP contribution in [0.1, 0.15) is 37.5 Å². The molecule has 0 spiro atoms. The van der Waals surface area contributed by atoms with Crippen LogP contribution >= 0.6 is 0 Å². The van der Waals surface area contributed by atoms with E-state index in [4.69, 9.17) is 4.74 Å². The summed E-state index contributed by atoms with van der Waals surface area (Å²) >= 11 is 0. The lowest BCUT2D eigenvalue weighted by Gasteiger charge is -2.43. The average molecular weight is 508 g/mol. The minimum atomic E-state index is -0.326. The lowest BCUT2D eigenvalue weighted by molar-refractivity contribution is -0.120. The van der Waals surface area contributed by atoms with Crippen molar-refractivity contribution in [1.82, 2.24) is 0 Å². The van der Waals surface area contributed by atoms with Crippen LogP contribution in [0.2, 0.25) is 0 Å². The highest BCUT2D eigenvalue weighted by Crippen LogP contribution is 2.41. The molecule has 0 aliphatic carbocycles. The number of anilines is 3. The smallest absolute Gasteiger partial charge is 0.264 e. The number of fused-ring (bicyclic) bond motifs is 3. The zero-order chi connectivity index (χ0) is 26.4. The fraction of sp³-hybridized carbons (Fsp3) is 0.312. The van der Waals surface area contributed by atoms with Crippen molar-refractivity contribution in [2.75, 3.05) is 40.9 Å². The minimum Gasteiger partial charge on any atom is -0.484 e. The Morgan fingerprint density at radius 1 is 0.816 bits per heavy atom. The summed E-state index contributed by atoms with van der Waals surface area (Å²) in [5.74, 6) is 0.703. The molecule has 3 heterocycles. The Morgan fingerprint density at radius 3 is 2.08 bits per heavy atom. The van der Waals surface area contributed by atoms with E-state index < -0.39 is 0 Å². The first kappa shape index (κ1) is 24.3. The Hall–Kier alpha value is -4.06. The predicted octanol–water partition coefficient (Wildman–Crippen LogP) is 5.25. The van der Waals surface area contributed by atoms with Gasteiger partial charge in [-0.25, -0.2) is 0 Å². The zero-order valence-electron chi connectivity index (χ0n) is 22.2. The molecule has 38 heavy (non-hydrogen) atoms. The number of rotatable bonds is 5. The topological polar surface area (TPSA) is 53.1 Å². The maximum atomic E-state index is 13.5. The van der Waals surface area contributed by atoms with E-state index in [-0.39, 0.29) is 30.5 Å². The van der Waals surface area contributed by atoms with Crippen LogP contribution in [0.3, 0.4) is 0 Å². The molecule has 0 N–H and O–H groups in total. The first-order chi connectivity index (χ1) is 18.3. The summed E-state index contributed by atoms with van der Waals surface area (Å²) in [7, 11) is 0. The molecule has 0 unspecified atom stereocenters. The lowest BCUT2D eigenvalue weighted by Crippen LogP contribution is -2.50. The lowest BCUT2D eigenvalue weighted by atomic mass is 9.88. The molecule has 6 heteroatoms. The van der Waals surface area contributed by atoms with Crippen molar-refractivity contribution in [1.29, 1.82) is 0 Å². The van der Waals surface area contributed by atoms with E-state index in [9.17, 15) is 9.59 Å².